The molecule has 0 spiro atoms. The molecule has 0 aromatic carbocycles. The number of fused-ring (bicyclic) bond motifs is 6. The molecule has 1 aliphatic carbocycles. The topological polar surface area (TPSA) is 115 Å². The third kappa shape index (κ3) is 7.32. The molecule has 44 heavy (non-hydrogen) atoms. The summed E-state index contributed by atoms with van der Waals surface area (Å²) in [6.45, 7) is 20.6. The van der Waals surface area contributed by atoms with Crippen LogP contribution in [0.3, 0.4) is 0 Å². The zero-order valence-electron chi connectivity index (χ0n) is 26.4. The van der Waals surface area contributed by atoms with Crippen molar-refractivity contribution in [3.05, 3.63) is 117 Å². The van der Waals surface area contributed by atoms with Crippen molar-refractivity contribution >= 4 is 41.8 Å². The van der Waals surface area contributed by atoms with Gasteiger partial charge >= 0.3 is 65.3 Å². The van der Waals surface area contributed by atoms with Gasteiger partial charge in [-0.1, -0.05) is 25.3 Å². The van der Waals surface area contributed by atoms with E-state index in [1.807, 2.05) is 18.2 Å². The van der Waals surface area contributed by atoms with Crippen molar-refractivity contribution in [2.24, 2.45) is 9.98 Å². The third-order valence-corrected chi connectivity index (χ3v) is 8.18. The van der Waals surface area contributed by atoms with E-state index in [1.165, 1.54) is 0 Å². The molecule has 1 N–H and O–H groups in total. The van der Waals surface area contributed by atoms with Crippen molar-refractivity contribution in [1.29, 1.82) is 0 Å². The number of carboxylic acids is 1. The van der Waals surface area contributed by atoms with Gasteiger partial charge < -0.3 is 21.8 Å². The molecule has 7 nitrogen and oxygen atoms in total. The molecule has 1 aromatic rings. The summed E-state index contributed by atoms with van der Waals surface area (Å²) in [5, 5.41) is 11.4. The first kappa shape index (κ1) is 37.3. The third-order valence-electron chi connectivity index (χ3n) is 8.18. The number of aromatic amines is 1. The monoisotopic (exact) mass is 605 g/mol. The first-order valence-corrected chi connectivity index (χ1v) is 13.7. The Bertz CT molecular complexity index is 1740. The quantitative estimate of drug-likeness (QED) is 0.367. The van der Waals surface area contributed by atoms with Crippen LogP contribution < -0.4 is 64.2 Å². The number of carbonyl (C=O) groups excluding carboxylic acids is 3. The number of hydrogen-bond acceptors (Lipinski definition) is 6. The number of rotatable bonds is 6. The molecule has 0 atom stereocenters. The average Bonchev–Trinajstić information content (AvgIpc) is 3.60. The maximum atomic E-state index is 11.4. The molecule has 3 aliphatic heterocycles. The molecule has 0 saturated heterocycles. The van der Waals surface area contributed by atoms with Crippen molar-refractivity contribution < 1.29 is 78.6 Å². The average molecular weight is 606 g/mol. The number of nitrogens with zero attached hydrogens (tertiary/aromatic N) is 2. The Kier molecular flexibility index (Phi) is 13.5. The van der Waals surface area contributed by atoms with E-state index in [0.29, 0.717) is 19.3 Å². The van der Waals surface area contributed by atoms with Crippen molar-refractivity contribution in [3.8, 4) is 0 Å². The summed E-state index contributed by atoms with van der Waals surface area (Å²) in [6.07, 6.45) is 14.1. The summed E-state index contributed by atoms with van der Waals surface area (Å²) in [6, 6.07) is 0. The van der Waals surface area contributed by atoms with Crippen LogP contribution in [0.4, 0.5) is 0 Å². The van der Waals surface area contributed by atoms with Gasteiger partial charge in [0.25, 0.3) is 0 Å². The van der Waals surface area contributed by atoms with Crippen molar-refractivity contribution in [1.82, 2.24) is 4.98 Å². The standard InChI is InChI=1S/C34H34N3O2.CO2.2Na/c1-8-24-20(6)30-17-33-26(10-3)21(7)29(37-33)16-28-19(5)25(9-2)32(35-28)15-23-13-22(14-31(24)36-30)18(4)27(23)11-12-34(38)39;2-1-3;;/h8,10,14-17,36H,1-3,9,11-13H2,4-7H3,(H,38,39);;;/q-1;;2*+1/p-1. The second-order valence-electron chi connectivity index (χ2n) is 10.4. The summed E-state index contributed by atoms with van der Waals surface area (Å²) in [4.78, 5) is 41.2. The van der Waals surface area contributed by atoms with Crippen LogP contribution in [0.2, 0.25) is 0 Å². The minimum absolute atomic E-state index is 0. The van der Waals surface area contributed by atoms with Crippen LogP contribution in [-0.4, -0.2) is 28.5 Å². The number of H-pyrrole nitrogens is 1. The number of allylic oxidation sites excluding steroid dienone is 10. The van der Waals surface area contributed by atoms with Gasteiger partial charge in [-0.25, -0.2) is 9.98 Å². The Hall–Kier alpha value is -2.87. The molecule has 4 aliphatic rings. The zero-order chi connectivity index (χ0) is 30.7. The van der Waals surface area contributed by atoms with Crippen molar-refractivity contribution in [2.75, 3.05) is 0 Å². The van der Waals surface area contributed by atoms with Crippen LogP contribution in [0, 0.1) is 13.8 Å². The van der Waals surface area contributed by atoms with E-state index in [-0.39, 0.29) is 71.7 Å². The zero-order valence-corrected chi connectivity index (χ0v) is 30.4. The van der Waals surface area contributed by atoms with Gasteiger partial charge in [0, 0.05) is 28.5 Å². The van der Waals surface area contributed by atoms with Crippen LogP contribution >= 0.6 is 0 Å². The Balaban J connectivity index is 0.00000130. The predicted octanol–water partition coefficient (Wildman–Crippen LogP) is 0.142. The first-order valence-electron chi connectivity index (χ1n) is 13.7. The Morgan fingerprint density at radius 2 is 1.57 bits per heavy atom. The molecular formula is C35H33N3Na2O4. The number of hydrogen-bond donors (Lipinski definition) is 1. The Labute approximate surface area is 303 Å². The normalized spacial score (nSPS) is 16.7. The molecule has 5 rings (SSSR count). The van der Waals surface area contributed by atoms with Gasteiger partial charge in [0.1, 0.15) is 0 Å². The molecular weight excluding hydrogens is 572 g/mol. The molecule has 0 fully saturated rings. The van der Waals surface area contributed by atoms with Gasteiger partial charge in [0.05, 0.1) is 22.8 Å². The molecule has 9 heteroatoms. The molecule has 0 unspecified atom stereocenters. The van der Waals surface area contributed by atoms with Gasteiger partial charge in [-0.05, 0) is 116 Å². The summed E-state index contributed by atoms with van der Waals surface area (Å²) in [5.41, 5.74) is 16.1. The fourth-order valence-corrected chi connectivity index (χ4v) is 5.85. The van der Waals surface area contributed by atoms with E-state index < -0.39 is 5.97 Å². The van der Waals surface area contributed by atoms with Crippen LogP contribution in [0.5, 0.6) is 0 Å². The maximum Gasteiger partial charge on any atom is 1.00 e. The van der Waals surface area contributed by atoms with Crippen LogP contribution in [0.15, 0.2) is 97.3 Å². The van der Waals surface area contributed by atoms with E-state index in [1.54, 1.807) is 0 Å². The summed E-state index contributed by atoms with van der Waals surface area (Å²) < 4.78 is 0. The largest absolute Gasteiger partial charge is 1.00 e. The molecule has 214 valence electrons. The fourth-order valence-electron chi connectivity index (χ4n) is 5.85. The van der Waals surface area contributed by atoms with Crippen molar-refractivity contribution in [2.45, 2.75) is 53.4 Å². The van der Waals surface area contributed by atoms with Crippen LogP contribution in [-0.2, 0) is 14.4 Å². The number of aliphatic carboxylic acids is 1. The number of aromatic nitrogens is 1. The predicted molar refractivity (Wildman–Crippen MR) is 165 cm³/mol. The molecule has 8 bridgehead atoms. The maximum absolute atomic E-state index is 11.4. The minimum Gasteiger partial charge on any atom is -0.550 e. The Morgan fingerprint density at radius 3 is 2.16 bits per heavy atom. The van der Waals surface area contributed by atoms with Gasteiger partial charge in [-0.3, -0.25) is 0 Å². The second kappa shape index (κ2) is 15.9. The van der Waals surface area contributed by atoms with E-state index in [0.717, 1.165) is 89.9 Å². The molecule has 0 amide bonds. The SMILES string of the molecule is C=CC1=C(C)C2=NC1=Cc1[nH]c(c(C=C)c1C)C=C1CC(=CC3=NC(=C2)C(C)=C3C[CH2-])C(CCC(=O)[O-])=C1C.O=C=O.[Na+].[Na+]. The van der Waals surface area contributed by atoms with E-state index >= 15 is 0 Å². The number of carbonyl (C=O) groups is 1. The number of aliphatic imine (C=N–C) groups is 2. The van der Waals surface area contributed by atoms with E-state index in [9.17, 15) is 9.90 Å². The second-order valence-corrected chi connectivity index (χ2v) is 10.4. The summed E-state index contributed by atoms with van der Waals surface area (Å²) in [5.74, 6) is -1.05. The Morgan fingerprint density at radius 1 is 0.909 bits per heavy atom. The first-order chi connectivity index (χ1) is 20.1. The van der Waals surface area contributed by atoms with Gasteiger partial charge in [-0.15, -0.1) is 0 Å². The smallest absolute Gasteiger partial charge is 0.550 e. The summed E-state index contributed by atoms with van der Waals surface area (Å²) in [7, 11) is 0. The van der Waals surface area contributed by atoms with Gasteiger partial charge in [-0.2, -0.15) is 16.0 Å². The van der Waals surface area contributed by atoms with Crippen LogP contribution in [0.25, 0.3) is 18.2 Å². The van der Waals surface area contributed by atoms with E-state index in [4.69, 9.17) is 19.6 Å². The van der Waals surface area contributed by atoms with E-state index in [2.05, 4.69) is 71.0 Å². The number of nitrogens with one attached hydrogen (secondary N) is 1. The van der Waals surface area contributed by atoms with Crippen molar-refractivity contribution in [3.63, 3.8) is 0 Å². The molecule has 4 heterocycles. The van der Waals surface area contributed by atoms with Gasteiger partial charge in [0.15, 0.2) is 0 Å². The minimum atomic E-state index is -1.05. The molecule has 1 aromatic heterocycles. The van der Waals surface area contributed by atoms with Crippen LogP contribution in [0.1, 0.15) is 69.0 Å². The molecule has 0 radical (unpaired) electrons. The molecule has 0 saturated carbocycles. The summed E-state index contributed by atoms with van der Waals surface area (Å²) >= 11 is 0. The fraction of sp³-hybridized carbons (Fsp3) is 0.229. The number of carboxylic acid groups (broad SMARTS) is 1. The van der Waals surface area contributed by atoms with Gasteiger partial charge in [0.2, 0.25) is 0 Å².